The van der Waals surface area contributed by atoms with E-state index in [1.807, 2.05) is 32.9 Å². The van der Waals surface area contributed by atoms with Gasteiger partial charge in [-0.2, -0.15) is 5.10 Å². The first-order valence-electron chi connectivity index (χ1n) is 10.9. The zero-order valence-electron chi connectivity index (χ0n) is 19.2. The summed E-state index contributed by atoms with van der Waals surface area (Å²) in [7, 11) is 1.55. The molecule has 170 valence electrons. The number of nitrogens with one attached hydrogen (secondary N) is 2. The molecule has 0 spiro atoms. The number of anilines is 1. The Hall–Kier alpha value is -3.87. The Balaban J connectivity index is 1.56. The van der Waals surface area contributed by atoms with Crippen molar-refractivity contribution in [2.24, 2.45) is 5.10 Å². The number of amides is 2. The van der Waals surface area contributed by atoms with Gasteiger partial charge in [0, 0.05) is 28.8 Å². The number of benzene rings is 2. The van der Waals surface area contributed by atoms with Crippen LogP contribution < -0.4 is 15.5 Å². The van der Waals surface area contributed by atoms with Crippen molar-refractivity contribution in [3.05, 3.63) is 81.8 Å². The quantitative estimate of drug-likeness (QED) is 0.544. The SMILES string of the molecule is COc1cccc(C(=O)N/N=C2\CCCc3oc(C(=O)Nc4cc(C)cc(C)c4)c(C)c32)c1. The highest BCUT2D eigenvalue weighted by Crippen LogP contribution is 2.30. The van der Waals surface area contributed by atoms with Gasteiger partial charge in [-0.05, 0) is 75.1 Å². The van der Waals surface area contributed by atoms with E-state index in [2.05, 4.69) is 21.9 Å². The summed E-state index contributed by atoms with van der Waals surface area (Å²) >= 11 is 0. The van der Waals surface area contributed by atoms with Crippen molar-refractivity contribution in [1.82, 2.24) is 5.43 Å². The van der Waals surface area contributed by atoms with Crippen molar-refractivity contribution in [3.63, 3.8) is 0 Å². The van der Waals surface area contributed by atoms with Crippen molar-refractivity contribution in [2.45, 2.75) is 40.0 Å². The molecule has 2 N–H and O–H groups in total. The molecule has 0 radical (unpaired) electrons. The lowest BCUT2D eigenvalue weighted by atomic mass is 9.93. The van der Waals surface area contributed by atoms with Gasteiger partial charge in [-0.3, -0.25) is 9.59 Å². The van der Waals surface area contributed by atoms with Crippen LogP contribution in [0.5, 0.6) is 5.75 Å². The van der Waals surface area contributed by atoms with Gasteiger partial charge in [0.1, 0.15) is 11.5 Å². The number of rotatable bonds is 5. The van der Waals surface area contributed by atoms with E-state index < -0.39 is 0 Å². The predicted octanol–water partition coefficient (Wildman–Crippen LogP) is 4.94. The number of aryl methyl sites for hydroxylation is 3. The lowest BCUT2D eigenvalue weighted by molar-refractivity contribution is 0.0953. The molecule has 1 heterocycles. The molecule has 0 fully saturated rings. The minimum absolute atomic E-state index is 0.271. The minimum atomic E-state index is -0.331. The number of furan rings is 1. The molecular formula is C26H27N3O4. The van der Waals surface area contributed by atoms with E-state index in [1.54, 1.807) is 31.4 Å². The predicted molar refractivity (Wildman–Crippen MR) is 127 cm³/mol. The number of hydrazone groups is 1. The second kappa shape index (κ2) is 9.32. The first kappa shape index (κ1) is 22.3. The molecule has 0 saturated carbocycles. The fourth-order valence-electron chi connectivity index (χ4n) is 4.18. The normalized spacial score (nSPS) is 14.0. The molecule has 0 aliphatic heterocycles. The van der Waals surface area contributed by atoms with E-state index >= 15 is 0 Å². The van der Waals surface area contributed by atoms with Crippen molar-refractivity contribution in [3.8, 4) is 5.75 Å². The molecule has 1 aliphatic carbocycles. The van der Waals surface area contributed by atoms with Crippen LogP contribution in [0.25, 0.3) is 0 Å². The Bertz CT molecular complexity index is 1240. The summed E-state index contributed by atoms with van der Waals surface area (Å²) < 4.78 is 11.1. The van der Waals surface area contributed by atoms with Gasteiger partial charge in [0.2, 0.25) is 0 Å². The molecule has 0 atom stereocenters. The summed E-state index contributed by atoms with van der Waals surface area (Å²) in [5.41, 5.74) is 8.19. The fraction of sp³-hybridized carbons (Fsp3) is 0.269. The van der Waals surface area contributed by atoms with Crippen molar-refractivity contribution in [2.75, 3.05) is 12.4 Å². The highest BCUT2D eigenvalue weighted by molar-refractivity contribution is 6.09. The van der Waals surface area contributed by atoms with Gasteiger partial charge in [0.05, 0.1) is 12.8 Å². The molecule has 1 aromatic heterocycles. The van der Waals surface area contributed by atoms with Gasteiger partial charge in [0.15, 0.2) is 5.76 Å². The third-order valence-electron chi connectivity index (χ3n) is 5.64. The average Bonchev–Trinajstić information content (AvgIpc) is 3.14. The number of hydrogen-bond acceptors (Lipinski definition) is 5. The number of ether oxygens (including phenoxy) is 1. The third-order valence-corrected chi connectivity index (χ3v) is 5.64. The second-order valence-electron chi connectivity index (χ2n) is 8.27. The Morgan fingerprint density at radius 1 is 1.00 bits per heavy atom. The molecule has 0 saturated heterocycles. The first-order chi connectivity index (χ1) is 15.9. The van der Waals surface area contributed by atoms with Crippen LogP contribution in [0, 0.1) is 20.8 Å². The van der Waals surface area contributed by atoms with Gasteiger partial charge in [-0.15, -0.1) is 0 Å². The molecule has 3 aromatic rings. The van der Waals surface area contributed by atoms with Crippen LogP contribution in [0.2, 0.25) is 0 Å². The molecule has 4 rings (SSSR count). The molecule has 7 nitrogen and oxygen atoms in total. The van der Waals surface area contributed by atoms with Crippen molar-refractivity contribution >= 4 is 23.2 Å². The van der Waals surface area contributed by atoms with Gasteiger partial charge in [-0.25, -0.2) is 5.43 Å². The Kier molecular flexibility index (Phi) is 6.31. The summed E-state index contributed by atoms with van der Waals surface area (Å²) in [5.74, 6) is 0.959. The van der Waals surface area contributed by atoms with Crippen molar-refractivity contribution < 1.29 is 18.7 Å². The number of hydrogen-bond donors (Lipinski definition) is 2. The highest BCUT2D eigenvalue weighted by Gasteiger charge is 2.28. The monoisotopic (exact) mass is 445 g/mol. The topological polar surface area (TPSA) is 92.9 Å². The minimum Gasteiger partial charge on any atom is -0.497 e. The summed E-state index contributed by atoms with van der Waals surface area (Å²) in [4.78, 5) is 25.5. The standard InChI is InChI=1S/C26H27N3O4/c1-15-11-16(2)13-19(12-15)27-26(31)24-17(3)23-21(9-6-10-22(23)33-24)28-29-25(30)18-7-5-8-20(14-18)32-4/h5,7-8,11-14H,6,9-10H2,1-4H3,(H,27,31)(H,29,30)/b28-21+. The Labute approximate surface area is 192 Å². The molecule has 0 unspecified atom stereocenters. The molecule has 1 aliphatic rings. The number of carbonyl (C=O) groups is 2. The number of nitrogens with zero attached hydrogens (tertiary/aromatic N) is 1. The smallest absolute Gasteiger partial charge is 0.291 e. The zero-order chi connectivity index (χ0) is 23.5. The van der Waals surface area contributed by atoms with Crippen LogP contribution >= 0.6 is 0 Å². The molecule has 7 heteroatoms. The molecule has 0 bridgehead atoms. The van der Waals surface area contributed by atoms with Gasteiger partial charge in [0.25, 0.3) is 11.8 Å². The van der Waals surface area contributed by atoms with E-state index in [1.165, 1.54) is 0 Å². The second-order valence-corrected chi connectivity index (χ2v) is 8.27. The maximum absolute atomic E-state index is 13.0. The van der Waals surface area contributed by atoms with Crippen LogP contribution in [-0.4, -0.2) is 24.6 Å². The van der Waals surface area contributed by atoms with Crippen LogP contribution in [0.1, 0.15) is 61.8 Å². The number of fused-ring (bicyclic) bond motifs is 1. The van der Waals surface area contributed by atoms with E-state index in [-0.39, 0.29) is 17.6 Å². The molecule has 2 aromatic carbocycles. The summed E-state index contributed by atoms with van der Waals surface area (Å²) in [6.07, 6.45) is 2.23. The van der Waals surface area contributed by atoms with Crippen LogP contribution in [0.15, 0.2) is 52.0 Å². The van der Waals surface area contributed by atoms with Crippen molar-refractivity contribution in [1.29, 1.82) is 0 Å². The lowest BCUT2D eigenvalue weighted by Gasteiger charge is -2.13. The maximum atomic E-state index is 13.0. The number of carbonyl (C=O) groups excluding carboxylic acids is 2. The summed E-state index contributed by atoms with van der Waals surface area (Å²) in [5, 5.41) is 7.31. The largest absolute Gasteiger partial charge is 0.497 e. The Morgan fingerprint density at radius 2 is 1.76 bits per heavy atom. The van der Waals surface area contributed by atoms with Crippen LogP contribution in [0.4, 0.5) is 5.69 Å². The van der Waals surface area contributed by atoms with Crippen LogP contribution in [0.3, 0.4) is 0 Å². The van der Waals surface area contributed by atoms with Gasteiger partial charge in [-0.1, -0.05) is 12.1 Å². The zero-order valence-corrected chi connectivity index (χ0v) is 19.2. The van der Waals surface area contributed by atoms with E-state index in [0.717, 1.165) is 46.5 Å². The van der Waals surface area contributed by atoms with Gasteiger partial charge < -0.3 is 14.5 Å². The average molecular weight is 446 g/mol. The third kappa shape index (κ3) is 4.82. The highest BCUT2D eigenvalue weighted by atomic mass is 16.5. The summed E-state index contributed by atoms with van der Waals surface area (Å²) in [6, 6.07) is 12.8. The maximum Gasteiger partial charge on any atom is 0.291 e. The first-order valence-corrected chi connectivity index (χ1v) is 10.9. The lowest BCUT2D eigenvalue weighted by Crippen LogP contribution is -2.22. The van der Waals surface area contributed by atoms with E-state index in [4.69, 9.17) is 9.15 Å². The fourth-order valence-corrected chi connectivity index (χ4v) is 4.18. The van der Waals surface area contributed by atoms with Gasteiger partial charge >= 0.3 is 0 Å². The van der Waals surface area contributed by atoms with E-state index in [0.29, 0.717) is 23.4 Å². The molecule has 33 heavy (non-hydrogen) atoms. The van der Waals surface area contributed by atoms with E-state index in [9.17, 15) is 9.59 Å². The number of methoxy groups -OCH3 is 1. The Morgan fingerprint density at radius 3 is 2.48 bits per heavy atom. The summed E-state index contributed by atoms with van der Waals surface area (Å²) in [6.45, 7) is 5.83. The van der Waals surface area contributed by atoms with Crippen LogP contribution in [-0.2, 0) is 6.42 Å². The molecular weight excluding hydrogens is 418 g/mol. The molecule has 2 amide bonds.